The monoisotopic (exact) mass is 385 g/mol. The van der Waals surface area contributed by atoms with Crippen molar-refractivity contribution in [3.05, 3.63) is 71.4 Å². The molecule has 2 amide bonds. The summed E-state index contributed by atoms with van der Waals surface area (Å²) in [4.78, 5) is 30.4. The van der Waals surface area contributed by atoms with Gasteiger partial charge < -0.3 is 10.2 Å². The fourth-order valence-corrected chi connectivity index (χ4v) is 4.60. The molecule has 0 bridgehead atoms. The number of nitrogens with zero attached hydrogens (tertiary/aromatic N) is 2. The molecule has 1 aromatic carbocycles. The molecule has 1 saturated heterocycles. The number of carbonyl (C=O) groups excluding carboxylic acids is 2. The molecule has 5 heteroatoms. The zero-order valence-corrected chi connectivity index (χ0v) is 16.2. The number of likely N-dealkylation sites (tertiary alicyclic amines) is 1. The summed E-state index contributed by atoms with van der Waals surface area (Å²) >= 11 is 0. The number of carbonyl (C=O) groups is 2. The van der Waals surface area contributed by atoms with Crippen molar-refractivity contribution >= 4 is 29.3 Å². The van der Waals surface area contributed by atoms with E-state index < -0.39 is 0 Å². The Morgan fingerprint density at radius 1 is 1.17 bits per heavy atom. The van der Waals surface area contributed by atoms with Crippen LogP contribution in [0.4, 0.5) is 5.82 Å². The first kappa shape index (κ1) is 17.9. The first-order valence-electron chi connectivity index (χ1n) is 10.2. The predicted octanol–water partition coefficient (Wildman–Crippen LogP) is 3.54. The van der Waals surface area contributed by atoms with Crippen LogP contribution in [0.5, 0.6) is 0 Å². The molecule has 2 aliphatic heterocycles. The first-order chi connectivity index (χ1) is 14.2. The van der Waals surface area contributed by atoms with Crippen molar-refractivity contribution in [2.45, 2.75) is 19.3 Å². The van der Waals surface area contributed by atoms with E-state index in [-0.39, 0.29) is 11.8 Å². The Bertz CT molecular complexity index is 1030. The summed E-state index contributed by atoms with van der Waals surface area (Å²) in [6.07, 6.45) is 9.74. The number of nitrogens with one attached hydrogen (secondary N) is 1. The fraction of sp³-hybridized carbons (Fsp3) is 0.292. The standard InChI is InChI=1S/C24H23N3O2/c28-22-8-7-18-10-16(13-25-24(18)26-22)6-9-23(29)27-14-20-11-19(12-21(20)15-27)17-4-2-1-3-5-17/h1-6,9-11,13,20-21H,7-8,12,14-15H2,(H,25,26,28). The Hall–Kier alpha value is -3.21. The maximum absolute atomic E-state index is 12.7. The van der Waals surface area contributed by atoms with E-state index in [0.717, 1.165) is 30.6 Å². The van der Waals surface area contributed by atoms with Crippen LogP contribution < -0.4 is 5.32 Å². The number of aryl methyl sites for hydroxylation is 1. The highest BCUT2D eigenvalue weighted by atomic mass is 16.2. The number of hydrogen-bond donors (Lipinski definition) is 1. The summed E-state index contributed by atoms with van der Waals surface area (Å²) in [5.41, 5.74) is 4.62. The summed E-state index contributed by atoms with van der Waals surface area (Å²) in [6.45, 7) is 1.60. The zero-order valence-electron chi connectivity index (χ0n) is 16.2. The lowest BCUT2D eigenvalue weighted by atomic mass is 9.98. The van der Waals surface area contributed by atoms with Gasteiger partial charge in [0.1, 0.15) is 5.82 Å². The van der Waals surface area contributed by atoms with E-state index in [2.05, 4.69) is 40.6 Å². The van der Waals surface area contributed by atoms with E-state index in [1.54, 1.807) is 12.3 Å². The molecule has 5 nitrogen and oxygen atoms in total. The van der Waals surface area contributed by atoms with Crippen LogP contribution in [0.3, 0.4) is 0 Å². The van der Waals surface area contributed by atoms with Crippen LogP contribution in [0.15, 0.2) is 54.7 Å². The molecule has 0 spiro atoms. The molecular weight excluding hydrogens is 362 g/mol. The summed E-state index contributed by atoms with van der Waals surface area (Å²) in [5, 5.41) is 2.78. The zero-order chi connectivity index (χ0) is 19.8. The molecule has 1 fully saturated rings. The van der Waals surface area contributed by atoms with Gasteiger partial charge in [0.2, 0.25) is 11.8 Å². The predicted molar refractivity (Wildman–Crippen MR) is 113 cm³/mol. The second-order valence-corrected chi connectivity index (χ2v) is 8.09. The minimum Gasteiger partial charge on any atom is -0.338 e. The summed E-state index contributed by atoms with van der Waals surface area (Å²) < 4.78 is 0. The maximum Gasteiger partial charge on any atom is 0.246 e. The molecule has 2 unspecified atom stereocenters. The third-order valence-electron chi connectivity index (χ3n) is 6.13. The van der Waals surface area contributed by atoms with Gasteiger partial charge in [0.05, 0.1) is 0 Å². The molecule has 29 heavy (non-hydrogen) atoms. The SMILES string of the molecule is O=C1CCc2cc(C=CC(=O)N3CC4C=C(c5ccccc5)CC4C3)cnc2N1. The number of benzene rings is 1. The molecule has 5 rings (SSSR count). The number of rotatable bonds is 3. The number of pyridine rings is 1. The highest BCUT2D eigenvalue weighted by Gasteiger charge is 2.37. The highest BCUT2D eigenvalue weighted by Crippen LogP contribution is 2.40. The van der Waals surface area contributed by atoms with Gasteiger partial charge in [-0.15, -0.1) is 0 Å². The highest BCUT2D eigenvalue weighted by molar-refractivity contribution is 5.94. The molecule has 1 aromatic heterocycles. The van der Waals surface area contributed by atoms with Crippen LogP contribution in [0, 0.1) is 11.8 Å². The van der Waals surface area contributed by atoms with Crippen molar-refractivity contribution in [1.82, 2.24) is 9.88 Å². The number of hydrogen-bond acceptors (Lipinski definition) is 3. The molecule has 2 aromatic rings. The average molecular weight is 385 g/mol. The molecule has 0 saturated carbocycles. The number of amides is 2. The van der Waals surface area contributed by atoms with Crippen molar-refractivity contribution in [1.29, 1.82) is 0 Å². The summed E-state index contributed by atoms with van der Waals surface area (Å²) in [6, 6.07) is 12.5. The van der Waals surface area contributed by atoms with E-state index in [9.17, 15) is 9.59 Å². The van der Waals surface area contributed by atoms with E-state index in [1.165, 1.54) is 11.1 Å². The molecule has 146 valence electrons. The molecule has 0 radical (unpaired) electrons. The van der Waals surface area contributed by atoms with Gasteiger partial charge in [-0.05, 0) is 59.1 Å². The minimum absolute atomic E-state index is 0.00697. The topological polar surface area (TPSA) is 62.3 Å². The smallest absolute Gasteiger partial charge is 0.246 e. The van der Waals surface area contributed by atoms with E-state index in [0.29, 0.717) is 30.5 Å². The van der Waals surface area contributed by atoms with Gasteiger partial charge >= 0.3 is 0 Å². The average Bonchev–Trinajstić information content (AvgIpc) is 3.32. The fourth-order valence-electron chi connectivity index (χ4n) is 4.60. The third kappa shape index (κ3) is 3.60. The van der Waals surface area contributed by atoms with Gasteiger partial charge in [-0.1, -0.05) is 36.4 Å². The van der Waals surface area contributed by atoms with Crippen molar-refractivity contribution in [3.8, 4) is 0 Å². The lowest BCUT2D eigenvalue weighted by molar-refractivity contribution is -0.125. The van der Waals surface area contributed by atoms with E-state index in [1.807, 2.05) is 23.1 Å². The van der Waals surface area contributed by atoms with Crippen LogP contribution >= 0.6 is 0 Å². The molecular formula is C24H23N3O2. The van der Waals surface area contributed by atoms with Crippen LogP contribution in [0.25, 0.3) is 11.6 Å². The quantitative estimate of drug-likeness (QED) is 0.822. The van der Waals surface area contributed by atoms with Gasteiger partial charge in [-0.2, -0.15) is 0 Å². The second kappa shape index (κ2) is 7.32. The molecule has 1 N–H and O–H groups in total. The second-order valence-electron chi connectivity index (χ2n) is 8.09. The van der Waals surface area contributed by atoms with Crippen LogP contribution in [0.1, 0.15) is 29.5 Å². The maximum atomic E-state index is 12.7. The van der Waals surface area contributed by atoms with Crippen molar-refractivity contribution in [2.75, 3.05) is 18.4 Å². The van der Waals surface area contributed by atoms with Crippen molar-refractivity contribution in [2.24, 2.45) is 11.8 Å². The largest absolute Gasteiger partial charge is 0.338 e. The summed E-state index contributed by atoms with van der Waals surface area (Å²) in [5.74, 6) is 1.68. The Morgan fingerprint density at radius 3 is 2.86 bits per heavy atom. The Balaban J connectivity index is 1.23. The van der Waals surface area contributed by atoms with Gasteiger partial charge in [0.25, 0.3) is 0 Å². The third-order valence-corrected chi connectivity index (χ3v) is 6.13. The van der Waals surface area contributed by atoms with Crippen LogP contribution in [-0.4, -0.2) is 34.8 Å². The van der Waals surface area contributed by atoms with Gasteiger partial charge in [0, 0.05) is 31.8 Å². The molecule has 1 aliphatic carbocycles. The lowest BCUT2D eigenvalue weighted by Gasteiger charge is -2.16. The van der Waals surface area contributed by atoms with E-state index in [4.69, 9.17) is 0 Å². The Kier molecular flexibility index (Phi) is 4.51. The van der Waals surface area contributed by atoms with Crippen LogP contribution in [-0.2, 0) is 16.0 Å². The number of aromatic nitrogens is 1. The molecule has 3 heterocycles. The normalized spacial score (nSPS) is 23.0. The molecule has 2 atom stereocenters. The van der Waals surface area contributed by atoms with Gasteiger partial charge in [-0.25, -0.2) is 4.98 Å². The lowest BCUT2D eigenvalue weighted by Crippen LogP contribution is -2.27. The first-order valence-corrected chi connectivity index (χ1v) is 10.2. The van der Waals surface area contributed by atoms with Gasteiger partial charge in [-0.3, -0.25) is 9.59 Å². The number of anilines is 1. The Morgan fingerprint density at radius 2 is 2.03 bits per heavy atom. The Labute approximate surface area is 170 Å². The van der Waals surface area contributed by atoms with Crippen molar-refractivity contribution in [3.63, 3.8) is 0 Å². The summed E-state index contributed by atoms with van der Waals surface area (Å²) in [7, 11) is 0. The van der Waals surface area contributed by atoms with E-state index >= 15 is 0 Å². The molecule has 3 aliphatic rings. The minimum atomic E-state index is 0.00697. The number of allylic oxidation sites excluding steroid dienone is 1. The number of fused-ring (bicyclic) bond motifs is 2. The van der Waals surface area contributed by atoms with Crippen LogP contribution in [0.2, 0.25) is 0 Å². The van der Waals surface area contributed by atoms with Crippen molar-refractivity contribution < 1.29 is 9.59 Å². The van der Waals surface area contributed by atoms with Gasteiger partial charge in [0.15, 0.2) is 0 Å².